The third kappa shape index (κ3) is 5.46. The van der Waals surface area contributed by atoms with Crippen LogP contribution in [0.2, 0.25) is 0 Å². The van der Waals surface area contributed by atoms with Crippen LogP contribution in [0.3, 0.4) is 0 Å². The second kappa shape index (κ2) is 7.84. The largest absolute Gasteiger partial charge is 0.465 e. The highest BCUT2D eigenvalue weighted by Gasteiger charge is 2.41. The topological polar surface area (TPSA) is 47.6 Å². The van der Waals surface area contributed by atoms with Gasteiger partial charge in [0.2, 0.25) is 0 Å². The summed E-state index contributed by atoms with van der Waals surface area (Å²) in [6.07, 6.45) is 5.43. The zero-order valence-corrected chi connectivity index (χ0v) is 14.3. The van der Waals surface area contributed by atoms with Gasteiger partial charge >= 0.3 is 5.97 Å². The highest BCUT2D eigenvalue weighted by Crippen LogP contribution is 2.32. The maximum Gasteiger partial charge on any atom is 0.326 e. The van der Waals surface area contributed by atoms with Crippen LogP contribution in [0, 0.1) is 0 Å². The van der Waals surface area contributed by atoms with Crippen molar-refractivity contribution < 1.29 is 14.3 Å². The van der Waals surface area contributed by atoms with Gasteiger partial charge in [0.05, 0.1) is 6.61 Å². The van der Waals surface area contributed by atoms with E-state index in [1.54, 1.807) is 0 Å². The number of ether oxygens (including phenoxy) is 2. The summed E-state index contributed by atoms with van der Waals surface area (Å²) in [5, 5.41) is 4.61. The molecule has 2 unspecified atom stereocenters. The summed E-state index contributed by atoms with van der Waals surface area (Å²) in [5.74, 6) is -0.101. The van der Waals surface area contributed by atoms with Crippen molar-refractivity contribution in [3.63, 3.8) is 0 Å². The zero-order chi connectivity index (χ0) is 15.3. The molecular weight excluding hydrogens is 286 g/mol. The molecule has 2 rings (SSSR count). The van der Waals surface area contributed by atoms with Gasteiger partial charge in [0.1, 0.15) is 5.54 Å². The second-order valence-corrected chi connectivity index (χ2v) is 8.18. The van der Waals surface area contributed by atoms with Crippen LogP contribution in [-0.4, -0.2) is 47.9 Å². The van der Waals surface area contributed by atoms with Crippen molar-refractivity contribution in [1.82, 2.24) is 5.32 Å². The van der Waals surface area contributed by atoms with Crippen molar-refractivity contribution in [2.24, 2.45) is 0 Å². The molecule has 122 valence electrons. The van der Waals surface area contributed by atoms with Crippen LogP contribution in [0.25, 0.3) is 0 Å². The quantitative estimate of drug-likeness (QED) is 0.698. The van der Waals surface area contributed by atoms with E-state index in [0.717, 1.165) is 32.5 Å². The summed E-state index contributed by atoms with van der Waals surface area (Å²) >= 11 is 2.00. The summed E-state index contributed by atoms with van der Waals surface area (Å²) < 4.78 is 10.7. The maximum atomic E-state index is 12.3. The average molecular weight is 315 g/mol. The van der Waals surface area contributed by atoms with E-state index >= 15 is 0 Å². The molecule has 4 nitrogen and oxygen atoms in total. The molecule has 0 amide bonds. The normalized spacial score (nSPS) is 24.3. The fraction of sp³-hybridized carbons (Fsp3) is 0.938. The predicted octanol–water partition coefficient (Wildman–Crippen LogP) is 2.75. The summed E-state index contributed by atoms with van der Waals surface area (Å²) in [4.78, 5) is 12.3. The molecule has 2 atom stereocenters. The SMILES string of the molecule is CCOC(=O)C(C)(CC(C)SC1CCOCC1)NC1CC1. The molecule has 1 saturated carbocycles. The Bertz CT molecular complexity index is 342. The van der Waals surface area contributed by atoms with Gasteiger partial charge < -0.3 is 9.47 Å². The minimum Gasteiger partial charge on any atom is -0.465 e. The first kappa shape index (κ1) is 17.1. The molecule has 0 spiro atoms. The predicted molar refractivity (Wildman–Crippen MR) is 86.7 cm³/mol. The van der Waals surface area contributed by atoms with Crippen LogP contribution in [0.15, 0.2) is 0 Å². The van der Waals surface area contributed by atoms with Gasteiger partial charge in [-0.3, -0.25) is 10.1 Å². The molecule has 21 heavy (non-hydrogen) atoms. The molecule has 5 heteroatoms. The van der Waals surface area contributed by atoms with Gasteiger partial charge in [-0.2, -0.15) is 11.8 Å². The Morgan fingerprint density at radius 2 is 2.05 bits per heavy atom. The van der Waals surface area contributed by atoms with Gasteiger partial charge in [-0.05, 0) is 46.0 Å². The molecule has 0 aromatic carbocycles. The molecule has 1 aliphatic heterocycles. The van der Waals surface area contributed by atoms with Crippen LogP contribution in [0.5, 0.6) is 0 Å². The summed E-state index contributed by atoms with van der Waals surface area (Å²) in [6, 6.07) is 0.500. The van der Waals surface area contributed by atoms with Crippen LogP contribution >= 0.6 is 11.8 Å². The lowest BCUT2D eigenvalue weighted by Gasteiger charge is -2.33. The molecular formula is C16H29NO3S. The third-order valence-electron chi connectivity index (χ3n) is 4.11. The summed E-state index contributed by atoms with van der Waals surface area (Å²) in [5.41, 5.74) is -0.547. The number of rotatable bonds is 8. The van der Waals surface area contributed by atoms with Gasteiger partial charge in [-0.1, -0.05) is 6.92 Å². The van der Waals surface area contributed by atoms with E-state index < -0.39 is 5.54 Å². The number of nitrogens with one attached hydrogen (secondary N) is 1. The van der Waals surface area contributed by atoms with Crippen molar-refractivity contribution in [3.05, 3.63) is 0 Å². The van der Waals surface area contributed by atoms with Gasteiger partial charge in [0, 0.05) is 29.8 Å². The Morgan fingerprint density at radius 3 is 2.62 bits per heavy atom. The van der Waals surface area contributed by atoms with E-state index in [0.29, 0.717) is 23.1 Å². The van der Waals surface area contributed by atoms with E-state index in [9.17, 15) is 4.79 Å². The highest BCUT2D eigenvalue weighted by atomic mass is 32.2. The first-order valence-corrected chi connectivity index (χ1v) is 9.16. The number of hydrogen-bond donors (Lipinski definition) is 1. The second-order valence-electron chi connectivity index (χ2n) is 6.43. The molecule has 1 N–H and O–H groups in total. The molecule has 1 aliphatic carbocycles. The Labute approximate surface area is 132 Å². The minimum absolute atomic E-state index is 0.101. The molecule has 0 bridgehead atoms. The Morgan fingerprint density at radius 1 is 1.38 bits per heavy atom. The lowest BCUT2D eigenvalue weighted by Crippen LogP contribution is -2.53. The lowest BCUT2D eigenvalue weighted by atomic mass is 9.95. The molecule has 0 aromatic rings. The van der Waals surface area contributed by atoms with Crippen LogP contribution in [0.4, 0.5) is 0 Å². The van der Waals surface area contributed by atoms with E-state index in [2.05, 4.69) is 12.2 Å². The van der Waals surface area contributed by atoms with Crippen LogP contribution in [-0.2, 0) is 14.3 Å². The summed E-state index contributed by atoms with van der Waals surface area (Å²) in [7, 11) is 0. The van der Waals surface area contributed by atoms with Crippen molar-refractivity contribution in [2.45, 2.75) is 75.0 Å². The monoisotopic (exact) mass is 315 g/mol. The summed E-state index contributed by atoms with van der Waals surface area (Å²) in [6.45, 7) is 8.30. The molecule has 0 radical (unpaired) electrons. The van der Waals surface area contributed by atoms with Gasteiger partial charge in [-0.25, -0.2) is 0 Å². The Kier molecular flexibility index (Phi) is 6.38. The third-order valence-corrected chi connectivity index (χ3v) is 5.60. The number of carbonyl (C=O) groups excluding carboxylic acids is 1. The standard InChI is InChI=1S/C16H29NO3S/c1-4-20-15(18)16(3,17-13-5-6-13)11-12(2)21-14-7-9-19-10-8-14/h12-14,17H,4-11H2,1-3H3. The van der Waals surface area contributed by atoms with Crippen molar-refractivity contribution in [3.8, 4) is 0 Å². The molecule has 1 saturated heterocycles. The zero-order valence-electron chi connectivity index (χ0n) is 13.5. The van der Waals surface area contributed by atoms with E-state index in [-0.39, 0.29) is 5.97 Å². The first-order chi connectivity index (χ1) is 10.0. The van der Waals surface area contributed by atoms with Crippen LogP contribution in [0.1, 0.15) is 52.9 Å². The minimum atomic E-state index is -0.547. The van der Waals surface area contributed by atoms with Gasteiger partial charge in [0.25, 0.3) is 0 Å². The smallest absolute Gasteiger partial charge is 0.326 e. The first-order valence-electron chi connectivity index (χ1n) is 8.21. The molecule has 2 fully saturated rings. The van der Waals surface area contributed by atoms with Crippen molar-refractivity contribution in [2.75, 3.05) is 19.8 Å². The molecule has 2 aliphatic rings. The number of thioether (sulfide) groups is 1. The van der Waals surface area contributed by atoms with Crippen molar-refractivity contribution in [1.29, 1.82) is 0 Å². The number of hydrogen-bond acceptors (Lipinski definition) is 5. The average Bonchev–Trinajstić information content (AvgIpc) is 3.23. The Balaban J connectivity index is 1.88. The lowest BCUT2D eigenvalue weighted by molar-refractivity contribution is -0.150. The molecule has 0 aromatic heterocycles. The van der Waals surface area contributed by atoms with E-state index in [4.69, 9.17) is 9.47 Å². The van der Waals surface area contributed by atoms with Gasteiger partial charge in [0.15, 0.2) is 0 Å². The Hall–Kier alpha value is -0.260. The fourth-order valence-electron chi connectivity index (χ4n) is 2.93. The van der Waals surface area contributed by atoms with Gasteiger partial charge in [-0.15, -0.1) is 0 Å². The van der Waals surface area contributed by atoms with E-state index in [1.165, 1.54) is 12.8 Å². The van der Waals surface area contributed by atoms with E-state index in [1.807, 2.05) is 25.6 Å². The number of esters is 1. The van der Waals surface area contributed by atoms with Crippen LogP contribution < -0.4 is 5.32 Å². The molecule has 1 heterocycles. The maximum absolute atomic E-state index is 12.3. The highest BCUT2D eigenvalue weighted by molar-refractivity contribution is 8.00. The number of carbonyl (C=O) groups is 1. The van der Waals surface area contributed by atoms with Crippen molar-refractivity contribution >= 4 is 17.7 Å². The fourth-order valence-corrected chi connectivity index (χ4v) is 4.48.